The molecule has 36 heavy (non-hydrogen) atoms. The number of unbranched alkanes of at least 4 members (excludes halogenated alkanes) is 14. The lowest BCUT2D eigenvalue weighted by Gasteiger charge is -2.07. The van der Waals surface area contributed by atoms with Crippen molar-refractivity contribution in [2.45, 2.75) is 149 Å². The predicted molar refractivity (Wildman–Crippen MR) is 158 cm³/mol. The van der Waals surface area contributed by atoms with Crippen LogP contribution in [0.1, 0.15) is 149 Å². The molecule has 3 heteroatoms. The summed E-state index contributed by atoms with van der Waals surface area (Å²) in [7, 11) is 0. The van der Waals surface area contributed by atoms with Gasteiger partial charge in [-0.3, -0.25) is 0 Å². The van der Waals surface area contributed by atoms with Crippen molar-refractivity contribution in [2.75, 3.05) is 13.2 Å². The van der Waals surface area contributed by atoms with Crippen LogP contribution in [0.15, 0.2) is 36.5 Å². The van der Waals surface area contributed by atoms with Crippen molar-refractivity contribution < 1.29 is 14.3 Å². The highest BCUT2D eigenvalue weighted by atomic mass is 16.7. The first kappa shape index (κ1) is 34.5. The molecule has 0 atom stereocenters. The molecule has 0 spiro atoms. The van der Waals surface area contributed by atoms with Crippen LogP contribution >= 0.6 is 0 Å². The molecule has 0 N–H and O–H groups in total. The zero-order chi connectivity index (χ0) is 26.4. The summed E-state index contributed by atoms with van der Waals surface area (Å²) in [4.78, 5) is 11.6. The van der Waals surface area contributed by atoms with E-state index in [1.165, 1.54) is 83.5 Å². The summed E-state index contributed by atoms with van der Waals surface area (Å²) in [5.41, 5.74) is 0. The fraction of sp³-hybridized carbons (Fsp3) is 0.788. The highest BCUT2D eigenvalue weighted by Gasteiger charge is 2.03. The second-order valence-electron chi connectivity index (χ2n) is 10.5. The molecule has 0 unspecified atom stereocenters. The van der Waals surface area contributed by atoms with Crippen molar-refractivity contribution in [1.29, 1.82) is 0 Å². The third kappa shape index (κ3) is 30.5. The number of allylic oxidation sites excluding steroid dienone is 6. The molecule has 0 saturated heterocycles. The summed E-state index contributed by atoms with van der Waals surface area (Å²) in [6.07, 6.45) is 37.4. The van der Waals surface area contributed by atoms with Crippen LogP contribution in [-0.2, 0) is 9.47 Å². The molecule has 0 aromatic heterocycles. The molecule has 0 radical (unpaired) electrons. The van der Waals surface area contributed by atoms with Gasteiger partial charge in [0, 0.05) is 0 Å². The van der Waals surface area contributed by atoms with E-state index in [2.05, 4.69) is 57.2 Å². The second-order valence-corrected chi connectivity index (χ2v) is 10.5. The summed E-state index contributed by atoms with van der Waals surface area (Å²) >= 11 is 0. The van der Waals surface area contributed by atoms with E-state index in [9.17, 15) is 4.79 Å². The fourth-order valence-electron chi connectivity index (χ4n) is 4.14. The van der Waals surface area contributed by atoms with Crippen molar-refractivity contribution >= 4 is 6.16 Å². The molecule has 0 fully saturated rings. The molecule has 0 rings (SSSR count). The van der Waals surface area contributed by atoms with Crippen molar-refractivity contribution in [3.8, 4) is 0 Å². The molecule has 0 saturated carbocycles. The number of carbonyl (C=O) groups is 1. The molecule has 0 bridgehead atoms. The molecule has 3 nitrogen and oxygen atoms in total. The summed E-state index contributed by atoms with van der Waals surface area (Å²) < 4.78 is 10.4. The number of hydrogen-bond acceptors (Lipinski definition) is 3. The quantitative estimate of drug-likeness (QED) is 0.0667. The number of ether oxygens (including phenoxy) is 2. The monoisotopic (exact) mass is 504 g/mol. The van der Waals surface area contributed by atoms with Gasteiger partial charge in [0.25, 0.3) is 0 Å². The van der Waals surface area contributed by atoms with Crippen molar-refractivity contribution in [3.63, 3.8) is 0 Å². The minimum absolute atomic E-state index is 0.487. The standard InChI is InChI=1S/C33H60O3/c1-4-5-6-7-8-9-10-11-12-13-14-15-18-21-24-27-30-35-33(34)36-31-28-25-22-19-16-17-20-23-26-29-32(2)3/h5-6,8-9,11-12,32H,4,7,10,13-31H2,1-3H3/b6-5-,9-8-,12-11-. The van der Waals surface area contributed by atoms with E-state index in [-0.39, 0.29) is 0 Å². The smallest absolute Gasteiger partial charge is 0.434 e. The van der Waals surface area contributed by atoms with E-state index in [1.807, 2.05) is 0 Å². The third-order valence-corrected chi connectivity index (χ3v) is 6.41. The Labute approximate surface area is 225 Å². The van der Waals surface area contributed by atoms with Gasteiger partial charge in [-0.25, -0.2) is 4.79 Å². The van der Waals surface area contributed by atoms with Crippen LogP contribution < -0.4 is 0 Å². The molecule has 210 valence electrons. The summed E-state index contributed by atoms with van der Waals surface area (Å²) in [5.74, 6) is 0.846. The number of rotatable bonds is 26. The second kappa shape index (κ2) is 29.7. The van der Waals surface area contributed by atoms with Gasteiger partial charge >= 0.3 is 6.16 Å². The summed E-state index contributed by atoms with van der Waals surface area (Å²) in [5, 5.41) is 0. The van der Waals surface area contributed by atoms with Crippen LogP contribution in [0.3, 0.4) is 0 Å². The van der Waals surface area contributed by atoms with E-state index in [0.29, 0.717) is 13.2 Å². The first-order valence-corrected chi connectivity index (χ1v) is 15.4. The Kier molecular flexibility index (Phi) is 28.5. The van der Waals surface area contributed by atoms with E-state index in [4.69, 9.17) is 9.47 Å². The Bertz CT molecular complexity index is 533. The van der Waals surface area contributed by atoms with Crippen LogP contribution in [0.2, 0.25) is 0 Å². The molecule has 0 amide bonds. The molecule has 0 aliphatic heterocycles. The SMILES string of the molecule is CC/C=C\C/C=C\C/C=C\CCCCCCCCOC(=O)OCCCCCCCCCCCC(C)C. The van der Waals surface area contributed by atoms with E-state index in [0.717, 1.165) is 50.9 Å². The van der Waals surface area contributed by atoms with Crippen molar-refractivity contribution in [1.82, 2.24) is 0 Å². The lowest BCUT2D eigenvalue weighted by atomic mass is 10.0. The maximum Gasteiger partial charge on any atom is 0.508 e. The summed E-state index contributed by atoms with van der Waals surface area (Å²) in [6.45, 7) is 7.76. The zero-order valence-electron chi connectivity index (χ0n) is 24.3. The maximum absolute atomic E-state index is 11.6. The van der Waals surface area contributed by atoms with E-state index in [1.54, 1.807) is 0 Å². The Morgan fingerprint density at radius 2 is 0.972 bits per heavy atom. The average Bonchev–Trinajstić information content (AvgIpc) is 2.86. The lowest BCUT2D eigenvalue weighted by molar-refractivity contribution is 0.0529. The van der Waals surface area contributed by atoms with Gasteiger partial charge in [-0.05, 0) is 50.9 Å². The lowest BCUT2D eigenvalue weighted by Crippen LogP contribution is -2.09. The molecule has 0 heterocycles. The van der Waals surface area contributed by atoms with Crippen LogP contribution in [0.5, 0.6) is 0 Å². The molecular weight excluding hydrogens is 444 g/mol. The maximum atomic E-state index is 11.6. The Morgan fingerprint density at radius 1 is 0.556 bits per heavy atom. The van der Waals surface area contributed by atoms with Gasteiger partial charge < -0.3 is 9.47 Å². The van der Waals surface area contributed by atoms with Gasteiger partial charge in [-0.2, -0.15) is 0 Å². The van der Waals surface area contributed by atoms with E-state index < -0.39 is 6.16 Å². The first-order chi connectivity index (χ1) is 17.7. The molecule has 0 aliphatic carbocycles. The van der Waals surface area contributed by atoms with Crippen LogP contribution in [0.25, 0.3) is 0 Å². The van der Waals surface area contributed by atoms with Crippen LogP contribution in [0.4, 0.5) is 4.79 Å². The van der Waals surface area contributed by atoms with Crippen molar-refractivity contribution in [2.24, 2.45) is 5.92 Å². The van der Waals surface area contributed by atoms with Crippen LogP contribution in [-0.4, -0.2) is 19.4 Å². The third-order valence-electron chi connectivity index (χ3n) is 6.41. The average molecular weight is 505 g/mol. The Hall–Kier alpha value is -1.51. The highest BCUT2D eigenvalue weighted by molar-refractivity contribution is 5.59. The molecular formula is C33H60O3. The van der Waals surface area contributed by atoms with Gasteiger partial charge in [0.15, 0.2) is 0 Å². The highest BCUT2D eigenvalue weighted by Crippen LogP contribution is 2.13. The topological polar surface area (TPSA) is 35.5 Å². The minimum Gasteiger partial charge on any atom is -0.434 e. The fourth-order valence-corrected chi connectivity index (χ4v) is 4.14. The largest absolute Gasteiger partial charge is 0.508 e. The summed E-state index contributed by atoms with van der Waals surface area (Å²) in [6, 6.07) is 0. The zero-order valence-corrected chi connectivity index (χ0v) is 24.3. The van der Waals surface area contributed by atoms with E-state index >= 15 is 0 Å². The van der Waals surface area contributed by atoms with Crippen molar-refractivity contribution in [3.05, 3.63) is 36.5 Å². The van der Waals surface area contributed by atoms with Gasteiger partial charge in [0.05, 0.1) is 13.2 Å². The van der Waals surface area contributed by atoms with Gasteiger partial charge in [0.2, 0.25) is 0 Å². The Morgan fingerprint density at radius 3 is 1.47 bits per heavy atom. The molecule has 0 aromatic carbocycles. The molecule has 0 aromatic rings. The van der Waals surface area contributed by atoms with Crippen LogP contribution in [0, 0.1) is 5.92 Å². The van der Waals surface area contributed by atoms with Gasteiger partial charge in [-0.1, -0.05) is 141 Å². The first-order valence-electron chi connectivity index (χ1n) is 15.4. The van der Waals surface area contributed by atoms with Gasteiger partial charge in [0.1, 0.15) is 0 Å². The Balaban J connectivity index is 3.25. The number of hydrogen-bond donors (Lipinski definition) is 0. The normalized spacial score (nSPS) is 12.0. The van der Waals surface area contributed by atoms with Gasteiger partial charge in [-0.15, -0.1) is 0 Å². The molecule has 0 aliphatic rings. The predicted octanol–water partition coefficient (Wildman–Crippen LogP) is 11.3. The minimum atomic E-state index is -0.490. The number of carbonyl (C=O) groups excluding carboxylic acids is 1.